The number of aryl methyl sites for hydroxylation is 1. The Kier molecular flexibility index (Phi) is 5.47. The van der Waals surface area contributed by atoms with Crippen molar-refractivity contribution in [1.29, 1.82) is 0 Å². The molecule has 0 amide bonds. The summed E-state index contributed by atoms with van der Waals surface area (Å²) < 4.78 is 6.30. The van der Waals surface area contributed by atoms with Gasteiger partial charge in [-0.25, -0.2) is 0 Å². The van der Waals surface area contributed by atoms with Gasteiger partial charge in [-0.05, 0) is 44.7 Å². The second-order valence-electron chi connectivity index (χ2n) is 6.02. The topological polar surface area (TPSA) is 21.3 Å². The number of fused-ring (bicyclic) bond motifs is 1. The Hall–Kier alpha value is -1.02. The average molecular weight is 275 g/mol. The number of nitrogens with one attached hydrogen (secondary N) is 1. The van der Waals surface area contributed by atoms with Crippen LogP contribution in [0.1, 0.15) is 63.6 Å². The Labute approximate surface area is 123 Å². The lowest BCUT2D eigenvalue weighted by Crippen LogP contribution is -2.37. The smallest absolute Gasteiger partial charge is 0.124 e. The van der Waals surface area contributed by atoms with Gasteiger partial charge in [0, 0.05) is 18.0 Å². The first-order chi connectivity index (χ1) is 9.69. The van der Waals surface area contributed by atoms with Crippen LogP contribution in [0, 0.1) is 12.8 Å². The van der Waals surface area contributed by atoms with Crippen molar-refractivity contribution in [2.45, 2.75) is 65.5 Å². The van der Waals surface area contributed by atoms with Gasteiger partial charge in [-0.15, -0.1) is 0 Å². The first-order valence-corrected chi connectivity index (χ1v) is 8.20. The Morgan fingerprint density at radius 2 is 2.00 bits per heavy atom. The molecule has 0 aliphatic carbocycles. The van der Waals surface area contributed by atoms with E-state index in [0.29, 0.717) is 18.1 Å². The lowest BCUT2D eigenvalue weighted by molar-refractivity contribution is 0.0879. The molecular formula is C18H29NO. The average Bonchev–Trinajstić information content (AvgIpc) is 2.46. The van der Waals surface area contributed by atoms with E-state index in [1.54, 1.807) is 0 Å². The maximum absolute atomic E-state index is 6.30. The van der Waals surface area contributed by atoms with Crippen LogP contribution in [-0.2, 0) is 0 Å². The van der Waals surface area contributed by atoms with Crippen molar-refractivity contribution in [1.82, 2.24) is 5.32 Å². The van der Waals surface area contributed by atoms with Crippen LogP contribution < -0.4 is 10.1 Å². The van der Waals surface area contributed by atoms with Crippen molar-refractivity contribution in [3.8, 4) is 5.75 Å². The first kappa shape index (κ1) is 15.4. The predicted molar refractivity (Wildman–Crippen MR) is 85.3 cm³/mol. The van der Waals surface area contributed by atoms with Crippen LogP contribution in [0.3, 0.4) is 0 Å². The van der Waals surface area contributed by atoms with E-state index in [9.17, 15) is 0 Å². The quantitative estimate of drug-likeness (QED) is 0.817. The summed E-state index contributed by atoms with van der Waals surface area (Å²) in [5, 5.41) is 3.71. The third-order valence-corrected chi connectivity index (χ3v) is 4.50. The monoisotopic (exact) mass is 275 g/mol. The third kappa shape index (κ3) is 3.35. The normalized spacial score (nSPS) is 21.6. The number of hydrogen-bond donors (Lipinski definition) is 1. The highest BCUT2D eigenvalue weighted by Crippen LogP contribution is 2.38. The molecule has 2 heteroatoms. The van der Waals surface area contributed by atoms with Gasteiger partial charge in [0.25, 0.3) is 0 Å². The summed E-state index contributed by atoms with van der Waals surface area (Å²) in [5.41, 5.74) is 2.66. The fourth-order valence-corrected chi connectivity index (χ4v) is 3.23. The lowest BCUT2D eigenvalue weighted by atomic mass is 9.86. The largest absolute Gasteiger partial charge is 0.490 e. The molecule has 0 radical (unpaired) electrons. The van der Waals surface area contributed by atoms with E-state index in [4.69, 9.17) is 4.74 Å². The van der Waals surface area contributed by atoms with Crippen LogP contribution >= 0.6 is 0 Å². The second kappa shape index (κ2) is 7.12. The lowest BCUT2D eigenvalue weighted by Gasteiger charge is -2.36. The van der Waals surface area contributed by atoms with E-state index in [1.165, 1.54) is 30.4 Å². The van der Waals surface area contributed by atoms with Crippen molar-refractivity contribution in [2.75, 3.05) is 6.54 Å². The molecule has 1 aliphatic heterocycles. The maximum atomic E-state index is 6.30. The maximum Gasteiger partial charge on any atom is 0.124 e. The summed E-state index contributed by atoms with van der Waals surface area (Å²) in [4.78, 5) is 0. The standard InChI is InChI=1S/C18H29NO/c1-5-10-19-16-12-18(14(6-2)7-3)20-17-9-8-13(4)11-15(16)17/h8-9,11,14,16,18-19H,5-7,10,12H2,1-4H3. The van der Waals surface area contributed by atoms with Crippen LogP contribution in [0.25, 0.3) is 0 Å². The molecule has 2 atom stereocenters. The first-order valence-electron chi connectivity index (χ1n) is 8.20. The molecule has 0 spiro atoms. The zero-order valence-corrected chi connectivity index (χ0v) is 13.4. The van der Waals surface area contributed by atoms with Crippen LogP contribution in [0.2, 0.25) is 0 Å². The minimum atomic E-state index is 0.356. The molecule has 0 aromatic heterocycles. The van der Waals surface area contributed by atoms with Gasteiger partial charge in [0.15, 0.2) is 0 Å². The van der Waals surface area contributed by atoms with Crippen LogP contribution in [0.5, 0.6) is 5.75 Å². The highest BCUT2D eigenvalue weighted by molar-refractivity contribution is 5.41. The molecule has 112 valence electrons. The molecule has 2 rings (SSSR count). The fourth-order valence-electron chi connectivity index (χ4n) is 3.23. The Bertz CT molecular complexity index is 425. The zero-order chi connectivity index (χ0) is 14.5. The zero-order valence-electron chi connectivity index (χ0n) is 13.4. The van der Waals surface area contributed by atoms with Gasteiger partial charge in [0.05, 0.1) is 0 Å². The van der Waals surface area contributed by atoms with Crippen molar-refractivity contribution in [3.63, 3.8) is 0 Å². The van der Waals surface area contributed by atoms with Crippen molar-refractivity contribution in [2.24, 2.45) is 5.92 Å². The number of benzene rings is 1. The molecule has 1 heterocycles. The molecule has 1 N–H and O–H groups in total. The summed E-state index contributed by atoms with van der Waals surface area (Å²) in [6.07, 6.45) is 5.03. The van der Waals surface area contributed by atoms with E-state index in [2.05, 4.69) is 51.2 Å². The van der Waals surface area contributed by atoms with E-state index in [1.807, 2.05) is 0 Å². The van der Waals surface area contributed by atoms with Crippen molar-refractivity contribution < 1.29 is 4.74 Å². The summed E-state index contributed by atoms with van der Waals surface area (Å²) >= 11 is 0. The van der Waals surface area contributed by atoms with Gasteiger partial charge >= 0.3 is 0 Å². The molecule has 1 aromatic carbocycles. The Balaban J connectivity index is 2.24. The molecule has 0 saturated carbocycles. The molecule has 2 nitrogen and oxygen atoms in total. The molecule has 2 unspecified atom stereocenters. The van der Waals surface area contributed by atoms with Crippen molar-refractivity contribution >= 4 is 0 Å². The SMILES string of the molecule is CCCNC1CC(C(CC)CC)Oc2ccc(C)cc21. The van der Waals surface area contributed by atoms with E-state index < -0.39 is 0 Å². The summed E-state index contributed by atoms with van der Waals surface area (Å²) in [5.74, 6) is 1.75. The molecule has 0 bridgehead atoms. The van der Waals surface area contributed by atoms with E-state index in [-0.39, 0.29) is 0 Å². The van der Waals surface area contributed by atoms with E-state index in [0.717, 1.165) is 18.7 Å². The number of hydrogen-bond acceptors (Lipinski definition) is 2. The minimum absolute atomic E-state index is 0.356. The van der Waals surface area contributed by atoms with Gasteiger partial charge in [-0.2, -0.15) is 0 Å². The molecular weight excluding hydrogens is 246 g/mol. The van der Waals surface area contributed by atoms with Gasteiger partial charge < -0.3 is 10.1 Å². The van der Waals surface area contributed by atoms with Gasteiger partial charge in [-0.3, -0.25) is 0 Å². The van der Waals surface area contributed by atoms with Gasteiger partial charge in [0.2, 0.25) is 0 Å². The van der Waals surface area contributed by atoms with Gasteiger partial charge in [-0.1, -0.05) is 38.5 Å². The van der Waals surface area contributed by atoms with E-state index >= 15 is 0 Å². The molecule has 0 fully saturated rings. The van der Waals surface area contributed by atoms with Crippen molar-refractivity contribution in [3.05, 3.63) is 29.3 Å². The summed E-state index contributed by atoms with van der Waals surface area (Å²) in [7, 11) is 0. The van der Waals surface area contributed by atoms with Crippen LogP contribution in [-0.4, -0.2) is 12.6 Å². The molecule has 20 heavy (non-hydrogen) atoms. The predicted octanol–water partition coefficient (Wildman–Crippen LogP) is 4.62. The Morgan fingerprint density at radius 1 is 1.25 bits per heavy atom. The third-order valence-electron chi connectivity index (χ3n) is 4.50. The molecule has 1 aromatic rings. The highest BCUT2D eigenvalue weighted by Gasteiger charge is 2.31. The van der Waals surface area contributed by atoms with Crippen LogP contribution in [0.4, 0.5) is 0 Å². The molecule has 1 aliphatic rings. The van der Waals surface area contributed by atoms with Gasteiger partial charge in [0.1, 0.15) is 11.9 Å². The summed E-state index contributed by atoms with van der Waals surface area (Å²) in [6.45, 7) is 10.0. The summed E-state index contributed by atoms with van der Waals surface area (Å²) in [6, 6.07) is 7.04. The number of ether oxygens (including phenoxy) is 1. The Morgan fingerprint density at radius 3 is 2.65 bits per heavy atom. The number of rotatable bonds is 6. The second-order valence-corrected chi connectivity index (χ2v) is 6.02. The highest BCUT2D eigenvalue weighted by atomic mass is 16.5. The van der Waals surface area contributed by atoms with Crippen LogP contribution in [0.15, 0.2) is 18.2 Å². The molecule has 0 saturated heterocycles. The fraction of sp³-hybridized carbons (Fsp3) is 0.667. The minimum Gasteiger partial charge on any atom is -0.490 e.